The maximum absolute atomic E-state index is 13.0. The van der Waals surface area contributed by atoms with E-state index in [1.54, 1.807) is 26.4 Å². The molecule has 0 saturated carbocycles. The maximum atomic E-state index is 13.0. The van der Waals surface area contributed by atoms with Crippen LogP contribution in [0.3, 0.4) is 0 Å². The highest BCUT2D eigenvalue weighted by Crippen LogP contribution is 2.24. The van der Waals surface area contributed by atoms with Crippen molar-refractivity contribution in [3.63, 3.8) is 0 Å². The second-order valence-corrected chi connectivity index (χ2v) is 5.93. The minimum Gasteiger partial charge on any atom is -0.497 e. The largest absolute Gasteiger partial charge is 0.497 e. The Balaban J connectivity index is 1.83. The zero-order valence-electron chi connectivity index (χ0n) is 14.8. The average molecular weight is 345 g/mol. The van der Waals surface area contributed by atoms with E-state index in [9.17, 15) is 9.18 Å². The van der Waals surface area contributed by atoms with E-state index >= 15 is 0 Å². The molecule has 1 unspecified atom stereocenters. The normalized spacial score (nSPS) is 11.7. The lowest BCUT2D eigenvalue weighted by molar-refractivity contribution is -0.121. The highest BCUT2D eigenvalue weighted by molar-refractivity contribution is 5.76. The Morgan fingerprint density at radius 2 is 1.84 bits per heavy atom. The van der Waals surface area contributed by atoms with Crippen LogP contribution < -0.4 is 14.8 Å². The predicted octanol–water partition coefficient (Wildman–Crippen LogP) is 3.70. The van der Waals surface area contributed by atoms with Gasteiger partial charge >= 0.3 is 0 Å². The molecule has 0 spiro atoms. The van der Waals surface area contributed by atoms with Gasteiger partial charge in [-0.05, 0) is 41.7 Å². The number of ether oxygens (including phenoxy) is 2. The molecule has 134 valence electrons. The van der Waals surface area contributed by atoms with E-state index in [1.165, 1.54) is 12.1 Å². The number of hydrogen-bond acceptors (Lipinski definition) is 3. The Kier molecular flexibility index (Phi) is 6.81. The number of nitrogens with one attached hydrogen (secondary N) is 1. The second-order valence-electron chi connectivity index (χ2n) is 5.93. The topological polar surface area (TPSA) is 47.6 Å². The molecule has 0 aliphatic carbocycles. The van der Waals surface area contributed by atoms with E-state index in [4.69, 9.17) is 9.47 Å². The van der Waals surface area contributed by atoms with Crippen LogP contribution >= 0.6 is 0 Å². The lowest BCUT2D eigenvalue weighted by Gasteiger charge is -2.13. The van der Waals surface area contributed by atoms with Crippen molar-refractivity contribution in [2.45, 2.75) is 25.7 Å². The van der Waals surface area contributed by atoms with Gasteiger partial charge in [0.1, 0.15) is 17.3 Å². The summed E-state index contributed by atoms with van der Waals surface area (Å²) in [6, 6.07) is 11.9. The molecule has 0 aliphatic heterocycles. The first-order valence-corrected chi connectivity index (χ1v) is 8.26. The monoisotopic (exact) mass is 345 g/mol. The van der Waals surface area contributed by atoms with Crippen molar-refractivity contribution in [3.05, 3.63) is 59.4 Å². The SMILES string of the molecule is COc1ccc(CCNC(=O)CC(C)c2ccc(F)cc2)c(OC)c1. The summed E-state index contributed by atoms with van der Waals surface area (Å²) in [7, 11) is 3.22. The van der Waals surface area contributed by atoms with Crippen LogP contribution in [-0.4, -0.2) is 26.7 Å². The van der Waals surface area contributed by atoms with Crippen molar-refractivity contribution in [1.29, 1.82) is 0 Å². The Morgan fingerprint density at radius 1 is 1.12 bits per heavy atom. The number of amides is 1. The fourth-order valence-electron chi connectivity index (χ4n) is 2.65. The number of benzene rings is 2. The molecule has 0 aromatic heterocycles. The zero-order valence-corrected chi connectivity index (χ0v) is 14.8. The standard InChI is InChI=1S/C20H24FNO3/c1-14(15-4-7-17(21)8-5-15)12-20(23)22-11-10-16-6-9-18(24-2)13-19(16)25-3/h4-9,13-14H,10-12H2,1-3H3,(H,22,23). The van der Waals surface area contributed by atoms with Crippen LogP contribution in [0.4, 0.5) is 4.39 Å². The average Bonchev–Trinajstić information content (AvgIpc) is 2.62. The molecule has 0 radical (unpaired) electrons. The van der Waals surface area contributed by atoms with E-state index in [1.807, 2.05) is 25.1 Å². The third kappa shape index (κ3) is 5.48. The van der Waals surface area contributed by atoms with Gasteiger partial charge in [0.2, 0.25) is 5.91 Å². The van der Waals surface area contributed by atoms with Gasteiger partial charge in [0.15, 0.2) is 0 Å². The highest BCUT2D eigenvalue weighted by atomic mass is 19.1. The van der Waals surface area contributed by atoms with Crippen molar-refractivity contribution >= 4 is 5.91 Å². The Hall–Kier alpha value is -2.56. The zero-order chi connectivity index (χ0) is 18.2. The molecule has 0 fully saturated rings. The van der Waals surface area contributed by atoms with Crippen LogP contribution in [0, 0.1) is 5.82 Å². The number of carbonyl (C=O) groups excluding carboxylic acids is 1. The Labute approximate surface area is 148 Å². The highest BCUT2D eigenvalue weighted by Gasteiger charge is 2.12. The minimum absolute atomic E-state index is 0.0238. The van der Waals surface area contributed by atoms with Gasteiger partial charge in [-0.15, -0.1) is 0 Å². The third-order valence-electron chi connectivity index (χ3n) is 4.14. The molecule has 1 N–H and O–H groups in total. The number of methoxy groups -OCH3 is 2. The molecular formula is C20H24FNO3. The molecule has 0 bridgehead atoms. The van der Waals surface area contributed by atoms with Crippen LogP contribution in [0.5, 0.6) is 11.5 Å². The van der Waals surface area contributed by atoms with E-state index in [2.05, 4.69) is 5.32 Å². The molecule has 2 aromatic carbocycles. The Bertz CT molecular complexity index is 701. The molecule has 25 heavy (non-hydrogen) atoms. The molecule has 4 nitrogen and oxygen atoms in total. The molecule has 5 heteroatoms. The first kappa shape index (κ1) is 18.8. The summed E-state index contributed by atoms with van der Waals surface area (Å²) >= 11 is 0. The smallest absolute Gasteiger partial charge is 0.220 e. The van der Waals surface area contributed by atoms with E-state index < -0.39 is 0 Å². The summed E-state index contributed by atoms with van der Waals surface area (Å²) in [6.45, 7) is 2.48. The van der Waals surface area contributed by atoms with E-state index in [0.29, 0.717) is 19.4 Å². The third-order valence-corrected chi connectivity index (χ3v) is 4.14. The number of hydrogen-bond donors (Lipinski definition) is 1. The molecule has 0 aliphatic rings. The predicted molar refractivity (Wildman–Crippen MR) is 95.7 cm³/mol. The van der Waals surface area contributed by atoms with Gasteiger partial charge < -0.3 is 14.8 Å². The number of rotatable bonds is 8. The van der Waals surface area contributed by atoms with Gasteiger partial charge in [-0.3, -0.25) is 4.79 Å². The molecule has 0 heterocycles. The lowest BCUT2D eigenvalue weighted by atomic mass is 9.97. The van der Waals surface area contributed by atoms with E-state index in [-0.39, 0.29) is 17.6 Å². The molecule has 1 atom stereocenters. The van der Waals surface area contributed by atoms with Crippen molar-refractivity contribution in [3.8, 4) is 11.5 Å². The van der Waals surface area contributed by atoms with Gasteiger partial charge in [-0.2, -0.15) is 0 Å². The summed E-state index contributed by atoms with van der Waals surface area (Å²) in [5.74, 6) is 1.22. The van der Waals surface area contributed by atoms with Crippen LogP contribution in [0.25, 0.3) is 0 Å². The van der Waals surface area contributed by atoms with Gasteiger partial charge in [0, 0.05) is 19.0 Å². The van der Waals surface area contributed by atoms with Crippen molar-refractivity contribution in [2.75, 3.05) is 20.8 Å². The fraction of sp³-hybridized carbons (Fsp3) is 0.350. The first-order valence-electron chi connectivity index (χ1n) is 8.26. The van der Waals surface area contributed by atoms with Crippen molar-refractivity contribution < 1.29 is 18.7 Å². The first-order chi connectivity index (χ1) is 12.0. The van der Waals surface area contributed by atoms with Gasteiger partial charge in [-0.1, -0.05) is 25.1 Å². The van der Waals surface area contributed by atoms with Gasteiger partial charge in [-0.25, -0.2) is 4.39 Å². The fourth-order valence-corrected chi connectivity index (χ4v) is 2.65. The Morgan fingerprint density at radius 3 is 2.48 bits per heavy atom. The second kappa shape index (κ2) is 9.06. The quantitative estimate of drug-likeness (QED) is 0.794. The summed E-state index contributed by atoms with van der Waals surface area (Å²) in [5, 5.41) is 2.92. The number of halogens is 1. The van der Waals surface area contributed by atoms with Crippen LogP contribution in [0.2, 0.25) is 0 Å². The van der Waals surface area contributed by atoms with Crippen LogP contribution in [0.1, 0.15) is 30.4 Å². The lowest BCUT2D eigenvalue weighted by Crippen LogP contribution is -2.26. The summed E-state index contributed by atoms with van der Waals surface area (Å²) in [5.41, 5.74) is 1.96. The molecule has 0 saturated heterocycles. The van der Waals surface area contributed by atoms with Gasteiger partial charge in [0.25, 0.3) is 0 Å². The minimum atomic E-state index is -0.270. The maximum Gasteiger partial charge on any atom is 0.220 e. The van der Waals surface area contributed by atoms with Crippen molar-refractivity contribution in [2.24, 2.45) is 0 Å². The summed E-state index contributed by atoms with van der Waals surface area (Å²) in [4.78, 5) is 12.1. The van der Waals surface area contributed by atoms with Crippen LogP contribution in [0.15, 0.2) is 42.5 Å². The number of carbonyl (C=O) groups is 1. The molecular weight excluding hydrogens is 321 g/mol. The molecule has 2 aromatic rings. The summed E-state index contributed by atoms with van der Waals surface area (Å²) < 4.78 is 23.5. The summed E-state index contributed by atoms with van der Waals surface area (Å²) in [6.07, 6.45) is 1.04. The molecule has 2 rings (SSSR count). The van der Waals surface area contributed by atoms with Gasteiger partial charge in [0.05, 0.1) is 14.2 Å². The van der Waals surface area contributed by atoms with Crippen LogP contribution in [-0.2, 0) is 11.2 Å². The van der Waals surface area contributed by atoms with Crippen molar-refractivity contribution in [1.82, 2.24) is 5.32 Å². The van der Waals surface area contributed by atoms with E-state index in [0.717, 1.165) is 22.6 Å². The molecule has 1 amide bonds.